The molecular formula is C23H23ClN2O2. The van der Waals surface area contributed by atoms with Crippen LogP contribution < -0.4 is 10.6 Å². The molecule has 0 bridgehead atoms. The summed E-state index contributed by atoms with van der Waals surface area (Å²) in [5.41, 5.74) is 1.66. The second-order valence-electron chi connectivity index (χ2n) is 6.91. The number of nitrogens with one attached hydrogen (secondary N) is 2. The Morgan fingerprint density at radius 1 is 1.07 bits per heavy atom. The van der Waals surface area contributed by atoms with Gasteiger partial charge < -0.3 is 10.6 Å². The number of carbonyl (C=O) groups is 2. The van der Waals surface area contributed by atoms with E-state index in [4.69, 9.17) is 11.6 Å². The lowest BCUT2D eigenvalue weighted by atomic mass is 9.78. The molecule has 5 heteroatoms. The van der Waals surface area contributed by atoms with E-state index in [0.717, 1.165) is 31.2 Å². The van der Waals surface area contributed by atoms with Crippen LogP contribution in [-0.4, -0.2) is 25.4 Å². The van der Waals surface area contributed by atoms with Crippen LogP contribution in [0.25, 0.3) is 0 Å². The highest BCUT2D eigenvalue weighted by molar-refractivity contribution is 6.30. The van der Waals surface area contributed by atoms with Crippen molar-refractivity contribution in [3.05, 3.63) is 70.2 Å². The molecule has 0 aliphatic heterocycles. The Balaban J connectivity index is 1.72. The maximum atomic E-state index is 13.0. The average Bonchev–Trinajstić information content (AvgIpc) is 3.22. The summed E-state index contributed by atoms with van der Waals surface area (Å²) in [6, 6.07) is 14.7. The van der Waals surface area contributed by atoms with Gasteiger partial charge in [0.2, 0.25) is 5.91 Å². The van der Waals surface area contributed by atoms with Gasteiger partial charge in [-0.05, 0) is 42.7 Å². The van der Waals surface area contributed by atoms with E-state index >= 15 is 0 Å². The number of benzene rings is 2. The molecule has 2 amide bonds. The molecule has 0 spiro atoms. The molecule has 0 unspecified atom stereocenters. The van der Waals surface area contributed by atoms with Gasteiger partial charge in [0, 0.05) is 17.6 Å². The summed E-state index contributed by atoms with van der Waals surface area (Å²) in [6.45, 7) is 0.232. The second kappa shape index (κ2) is 8.95. The van der Waals surface area contributed by atoms with E-state index < -0.39 is 5.41 Å². The summed E-state index contributed by atoms with van der Waals surface area (Å²) in [6.07, 6.45) is 3.71. The fraction of sp³-hybridized carbons (Fsp3) is 0.304. The predicted octanol–water partition coefficient (Wildman–Crippen LogP) is 3.68. The minimum absolute atomic E-state index is 0.00112. The Labute approximate surface area is 170 Å². The number of carbonyl (C=O) groups excluding carboxylic acids is 2. The Hall–Kier alpha value is -2.77. The smallest absolute Gasteiger partial charge is 0.252 e. The molecular weight excluding hydrogens is 372 g/mol. The van der Waals surface area contributed by atoms with E-state index in [2.05, 4.69) is 22.5 Å². The highest BCUT2D eigenvalue weighted by Crippen LogP contribution is 2.41. The van der Waals surface area contributed by atoms with Crippen molar-refractivity contribution in [3.63, 3.8) is 0 Å². The van der Waals surface area contributed by atoms with Crippen molar-refractivity contribution in [3.8, 4) is 11.8 Å². The van der Waals surface area contributed by atoms with Crippen LogP contribution in [0.5, 0.6) is 0 Å². The van der Waals surface area contributed by atoms with E-state index in [1.54, 1.807) is 25.2 Å². The largest absolute Gasteiger partial charge is 0.355 e. The molecule has 1 aliphatic rings. The van der Waals surface area contributed by atoms with Crippen LogP contribution in [0.4, 0.5) is 0 Å². The van der Waals surface area contributed by atoms with Gasteiger partial charge in [-0.15, -0.1) is 0 Å². The van der Waals surface area contributed by atoms with E-state index in [1.165, 1.54) is 0 Å². The van der Waals surface area contributed by atoms with E-state index in [0.29, 0.717) is 16.1 Å². The first kappa shape index (κ1) is 20.0. The van der Waals surface area contributed by atoms with Crippen LogP contribution in [0.3, 0.4) is 0 Å². The summed E-state index contributed by atoms with van der Waals surface area (Å²) >= 11 is 6.00. The van der Waals surface area contributed by atoms with E-state index in [-0.39, 0.29) is 18.4 Å². The van der Waals surface area contributed by atoms with Crippen LogP contribution in [0.15, 0.2) is 48.5 Å². The molecule has 0 saturated heterocycles. The van der Waals surface area contributed by atoms with Gasteiger partial charge in [-0.25, -0.2) is 0 Å². The third-order valence-corrected chi connectivity index (χ3v) is 5.50. The lowest BCUT2D eigenvalue weighted by molar-refractivity contribution is -0.126. The minimum Gasteiger partial charge on any atom is -0.355 e. The normalized spacial score (nSPS) is 14.6. The SMILES string of the molecule is CNC(=O)c1ccccc1C#CCNC(=O)C1(c2ccc(Cl)cc2)CCCC1. The molecule has 4 nitrogen and oxygen atoms in total. The number of amides is 2. The zero-order valence-electron chi connectivity index (χ0n) is 15.8. The van der Waals surface area contributed by atoms with Crippen LogP contribution in [0, 0.1) is 11.8 Å². The maximum Gasteiger partial charge on any atom is 0.252 e. The van der Waals surface area contributed by atoms with Gasteiger partial charge in [-0.2, -0.15) is 0 Å². The van der Waals surface area contributed by atoms with Crippen molar-refractivity contribution < 1.29 is 9.59 Å². The van der Waals surface area contributed by atoms with Crippen molar-refractivity contribution >= 4 is 23.4 Å². The number of halogens is 1. The van der Waals surface area contributed by atoms with Crippen LogP contribution in [0.2, 0.25) is 5.02 Å². The van der Waals surface area contributed by atoms with Crippen molar-refractivity contribution in [2.75, 3.05) is 13.6 Å². The standard InChI is InChI=1S/C23H23ClN2O2/c1-25-21(27)20-9-3-2-7-17(20)8-6-16-26-22(28)23(14-4-5-15-23)18-10-12-19(24)13-11-18/h2-3,7,9-13H,4-5,14-16H2,1H3,(H,25,27)(H,26,28). The van der Waals surface area contributed by atoms with Crippen molar-refractivity contribution in [2.45, 2.75) is 31.1 Å². The number of hydrogen-bond donors (Lipinski definition) is 2. The van der Waals surface area contributed by atoms with Crippen molar-refractivity contribution in [1.82, 2.24) is 10.6 Å². The summed E-state index contributed by atoms with van der Waals surface area (Å²) in [7, 11) is 1.59. The second-order valence-corrected chi connectivity index (χ2v) is 7.34. The Bertz CT molecular complexity index is 920. The van der Waals surface area contributed by atoms with Gasteiger partial charge in [-0.3, -0.25) is 9.59 Å². The number of rotatable bonds is 4. The zero-order valence-corrected chi connectivity index (χ0v) is 16.6. The van der Waals surface area contributed by atoms with Crippen molar-refractivity contribution in [1.29, 1.82) is 0 Å². The third kappa shape index (κ3) is 4.21. The quantitative estimate of drug-likeness (QED) is 0.777. The van der Waals surface area contributed by atoms with Gasteiger partial charge in [0.1, 0.15) is 0 Å². The van der Waals surface area contributed by atoms with Crippen LogP contribution >= 0.6 is 11.6 Å². The first-order chi connectivity index (χ1) is 13.6. The molecule has 2 aromatic rings. The van der Waals surface area contributed by atoms with Gasteiger partial charge in [0.05, 0.1) is 17.5 Å². The fourth-order valence-corrected chi connectivity index (χ4v) is 3.88. The molecule has 3 rings (SSSR count). The molecule has 0 radical (unpaired) electrons. The fourth-order valence-electron chi connectivity index (χ4n) is 3.75. The Kier molecular flexibility index (Phi) is 6.38. The summed E-state index contributed by atoms with van der Waals surface area (Å²) < 4.78 is 0. The zero-order chi connectivity index (χ0) is 20.0. The van der Waals surface area contributed by atoms with Crippen LogP contribution in [0.1, 0.15) is 47.2 Å². The molecule has 1 saturated carbocycles. The van der Waals surface area contributed by atoms with Gasteiger partial charge >= 0.3 is 0 Å². The molecule has 2 N–H and O–H groups in total. The van der Waals surface area contributed by atoms with E-state index in [9.17, 15) is 9.59 Å². The summed E-state index contributed by atoms with van der Waals surface area (Å²) in [5, 5.41) is 6.24. The first-order valence-corrected chi connectivity index (χ1v) is 9.79. The van der Waals surface area contributed by atoms with Gasteiger partial charge in [0.25, 0.3) is 5.91 Å². The molecule has 0 aromatic heterocycles. The first-order valence-electron chi connectivity index (χ1n) is 9.41. The third-order valence-electron chi connectivity index (χ3n) is 5.25. The molecule has 28 heavy (non-hydrogen) atoms. The summed E-state index contributed by atoms with van der Waals surface area (Å²) in [4.78, 5) is 24.9. The molecule has 1 fully saturated rings. The Morgan fingerprint density at radius 3 is 2.43 bits per heavy atom. The van der Waals surface area contributed by atoms with Gasteiger partial charge in [-0.1, -0.05) is 60.5 Å². The minimum atomic E-state index is -0.508. The van der Waals surface area contributed by atoms with Gasteiger partial charge in [0.15, 0.2) is 0 Å². The molecule has 0 atom stereocenters. The van der Waals surface area contributed by atoms with Crippen molar-refractivity contribution in [2.24, 2.45) is 0 Å². The monoisotopic (exact) mass is 394 g/mol. The number of hydrogen-bond acceptors (Lipinski definition) is 2. The average molecular weight is 395 g/mol. The highest BCUT2D eigenvalue weighted by Gasteiger charge is 2.42. The highest BCUT2D eigenvalue weighted by atomic mass is 35.5. The lowest BCUT2D eigenvalue weighted by Gasteiger charge is -2.28. The lowest BCUT2D eigenvalue weighted by Crippen LogP contribution is -2.42. The molecule has 0 heterocycles. The topological polar surface area (TPSA) is 58.2 Å². The molecule has 1 aliphatic carbocycles. The van der Waals surface area contributed by atoms with E-state index in [1.807, 2.05) is 30.3 Å². The maximum absolute atomic E-state index is 13.0. The summed E-state index contributed by atoms with van der Waals surface area (Å²) in [5.74, 6) is 5.78. The van der Waals surface area contributed by atoms with Crippen LogP contribution in [-0.2, 0) is 10.2 Å². The molecule has 144 valence electrons. The predicted molar refractivity (Wildman–Crippen MR) is 111 cm³/mol. The molecule has 2 aromatic carbocycles. The Morgan fingerprint density at radius 2 is 1.75 bits per heavy atom.